The highest BCUT2D eigenvalue weighted by atomic mass is 32.2. The molecular formula is C15H18N4O4S. The molecule has 9 heteroatoms. The van der Waals surface area contributed by atoms with Crippen LogP contribution in [0.15, 0.2) is 41.2 Å². The number of hydrogen-bond donors (Lipinski definition) is 2. The number of anilines is 2. The number of aryl methyl sites for hydroxylation is 1. The molecule has 1 aromatic carbocycles. The molecule has 0 radical (unpaired) electrons. The first kappa shape index (κ1) is 17.7. The predicted octanol–water partition coefficient (Wildman–Crippen LogP) is 1.28. The van der Waals surface area contributed by atoms with Gasteiger partial charge in [0.25, 0.3) is 11.5 Å². The summed E-state index contributed by atoms with van der Waals surface area (Å²) in [5.41, 5.74) is 0.741. The number of nitrogens with one attached hydrogen (secondary N) is 2. The third-order valence-corrected chi connectivity index (χ3v) is 3.59. The minimum atomic E-state index is -3.35. The van der Waals surface area contributed by atoms with Crippen molar-refractivity contribution in [1.82, 2.24) is 9.78 Å². The highest BCUT2D eigenvalue weighted by Gasteiger charge is 2.10. The van der Waals surface area contributed by atoms with Crippen LogP contribution >= 0.6 is 0 Å². The van der Waals surface area contributed by atoms with Gasteiger partial charge in [0.05, 0.1) is 6.26 Å². The fourth-order valence-electron chi connectivity index (χ4n) is 1.97. The number of amides is 1. The number of carbonyl (C=O) groups is 1. The Kier molecular flexibility index (Phi) is 5.35. The molecule has 0 bridgehead atoms. The molecule has 0 spiro atoms. The molecule has 1 heterocycles. The standard InChI is InChI=1S/C15H18N4O4S/c1-3-10-19-14(20)9-8-13(17-19)15(21)16-11-4-6-12(7-5-11)18-24(2,22)23/h4-9,18H,3,10H2,1-2H3,(H,16,21). The van der Waals surface area contributed by atoms with Crippen molar-refractivity contribution >= 4 is 27.3 Å². The second-order valence-electron chi connectivity index (χ2n) is 5.19. The van der Waals surface area contributed by atoms with E-state index in [0.717, 1.165) is 12.7 Å². The number of rotatable bonds is 6. The summed E-state index contributed by atoms with van der Waals surface area (Å²) in [6.07, 6.45) is 1.78. The summed E-state index contributed by atoms with van der Waals surface area (Å²) in [5.74, 6) is -0.455. The van der Waals surface area contributed by atoms with Crippen LogP contribution in [0, 0.1) is 0 Å². The van der Waals surface area contributed by atoms with Gasteiger partial charge in [-0.2, -0.15) is 5.10 Å². The van der Waals surface area contributed by atoms with Crippen LogP contribution in [0.25, 0.3) is 0 Å². The molecule has 0 saturated carbocycles. The first-order valence-corrected chi connectivity index (χ1v) is 9.15. The Hall–Kier alpha value is -2.68. The number of hydrogen-bond acceptors (Lipinski definition) is 5. The molecule has 0 saturated heterocycles. The molecule has 0 atom stereocenters. The Balaban J connectivity index is 2.12. The van der Waals surface area contributed by atoms with E-state index in [2.05, 4.69) is 15.1 Å². The quantitative estimate of drug-likeness (QED) is 0.815. The predicted molar refractivity (Wildman–Crippen MR) is 91.6 cm³/mol. The lowest BCUT2D eigenvalue weighted by molar-refractivity contribution is 0.101. The average Bonchev–Trinajstić information content (AvgIpc) is 2.50. The van der Waals surface area contributed by atoms with E-state index >= 15 is 0 Å². The molecule has 0 aliphatic rings. The van der Waals surface area contributed by atoms with Gasteiger partial charge in [-0.05, 0) is 36.8 Å². The Morgan fingerprint density at radius 3 is 2.33 bits per heavy atom. The fraction of sp³-hybridized carbons (Fsp3) is 0.267. The normalized spacial score (nSPS) is 11.1. The minimum Gasteiger partial charge on any atom is -0.321 e. The van der Waals surface area contributed by atoms with Crippen LogP contribution in [0.5, 0.6) is 0 Å². The lowest BCUT2D eigenvalue weighted by Crippen LogP contribution is -2.26. The van der Waals surface area contributed by atoms with Gasteiger partial charge < -0.3 is 5.32 Å². The molecule has 8 nitrogen and oxygen atoms in total. The third kappa shape index (κ3) is 4.92. The number of benzene rings is 1. The molecule has 2 rings (SSSR count). The maximum absolute atomic E-state index is 12.2. The highest BCUT2D eigenvalue weighted by Crippen LogP contribution is 2.15. The summed E-state index contributed by atoms with van der Waals surface area (Å²) >= 11 is 0. The lowest BCUT2D eigenvalue weighted by Gasteiger charge is -2.08. The average molecular weight is 350 g/mol. The molecule has 2 N–H and O–H groups in total. The van der Waals surface area contributed by atoms with E-state index in [1.807, 2.05) is 6.92 Å². The van der Waals surface area contributed by atoms with Crippen molar-refractivity contribution in [3.8, 4) is 0 Å². The van der Waals surface area contributed by atoms with Crippen molar-refractivity contribution in [2.45, 2.75) is 19.9 Å². The number of carbonyl (C=O) groups excluding carboxylic acids is 1. The van der Waals surface area contributed by atoms with Crippen LogP contribution in [0.2, 0.25) is 0 Å². The minimum absolute atomic E-state index is 0.126. The van der Waals surface area contributed by atoms with Crippen LogP contribution in [0.4, 0.5) is 11.4 Å². The first-order chi connectivity index (χ1) is 11.3. The van der Waals surface area contributed by atoms with Crippen LogP contribution in [-0.4, -0.2) is 30.4 Å². The molecule has 128 valence electrons. The molecule has 0 aliphatic carbocycles. The number of sulfonamides is 1. The third-order valence-electron chi connectivity index (χ3n) is 2.98. The topological polar surface area (TPSA) is 110 Å². The first-order valence-electron chi connectivity index (χ1n) is 7.26. The van der Waals surface area contributed by atoms with Crippen molar-refractivity contribution < 1.29 is 13.2 Å². The second-order valence-corrected chi connectivity index (χ2v) is 6.93. The van der Waals surface area contributed by atoms with Gasteiger partial charge in [0, 0.05) is 24.0 Å². The number of nitrogens with zero attached hydrogens (tertiary/aromatic N) is 2. The van der Waals surface area contributed by atoms with Gasteiger partial charge in [0.2, 0.25) is 10.0 Å². The monoisotopic (exact) mass is 350 g/mol. The Morgan fingerprint density at radius 2 is 1.75 bits per heavy atom. The molecule has 24 heavy (non-hydrogen) atoms. The second kappa shape index (κ2) is 7.26. The fourth-order valence-corrected chi connectivity index (χ4v) is 2.54. The Bertz CT molecular complexity index is 888. The SMILES string of the molecule is CCCn1nc(C(=O)Nc2ccc(NS(C)(=O)=O)cc2)ccc1=O. The van der Waals surface area contributed by atoms with Crippen molar-refractivity contribution in [3.63, 3.8) is 0 Å². The largest absolute Gasteiger partial charge is 0.321 e. The molecule has 2 aromatic rings. The van der Waals surface area contributed by atoms with Gasteiger partial charge in [0.15, 0.2) is 0 Å². The van der Waals surface area contributed by atoms with E-state index in [9.17, 15) is 18.0 Å². The molecule has 1 aromatic heterocycles. The summed E-state index contributed by atoms with van der Waals surface area (Å²) in [7, 11) is -3.35. The van der Waals surface area contributed by atoms with Crippen molar-refractivity contribution in [2.24, 2.45) is 0 Å². The number of aromatic nitrogens is 2. The van der Waals surface area contributed by atoms with Gasteiger partial charge in [-0.15, -0.1) is 0 Å². The molecule has 0 unspecified atom stereocenters. The zero-order valence-electron chi connectivity index (χ0n) is 13.3. The molecule has 0 fully saturated rings. The van der Waals surface area contributed by atoms with E-state index < -0.39 is 15.9 Å². The van der Waals surface area contributed by atoms with E-state index in [0.29, 0.717) is 17.9 Å². The lowest BCUT2D eigenvalue weighted by atomic mass is 10.2. The maximum Gasteiger partial charge on any atom is 0.276 e. The smallest absolute Gasteiger partial charge is 0.276 e. The zero-order chi connectivity index (χ0) is 17.7. The van der Waals surface area contributed by atoms with Gasteiger partial charge in [-0.25, -0.2) is 13.1 Å². The van der Waals surface area contributed by atoms with Crippen LogP contribution in [0.3, 0.4) is 0 Å². The van der Waals surface area contributed by atoms with Gasteiger partial charge in [-0.1, -0.05) is 6.92 Å². The van der Waals surface area contributed by atoms with Gasteiger partial charge >= 0.3 is 0 Å². The maximum atomic E-state index is 12.2. The van der Waals surface area contributed by atoms with Gasteiger partial charge in [0.1, 0.15) is 5.69 Å². The van der Waals surface area contributed by atoms with Crippen LogP contribution in [-0.2, 0) is 16.6 Å². The van der Waals surface area contributed by atoms with Crippen LogP contribution < -0.4 is 15.6 Å². The Morgan fingerprint density at radius 1 is 1.12 bits per heavy atom. The van der Waals surface area contributed by atoms with E-state index in [-0.39, 0.29) is 11.3 Å². The summed E-state index contributed by atoms with van der Waals surface area (Å²) in [4.78, 5) is 23.8. The van der Waals surface area contributed by atoms with Crippen molar-refractivity contribution in [2.75, 3.05) is 16.3 Å². The molecule has 0 aliphatic heterocycles. The molecular weight excluding hydrogens is 332 g/mol. The van der Waals surface area contributed by atoms with E-state index in [1.54, 1.807) is 12.1 Å². The van der Waals surface area contributed by atoms with E-state index in [1.165, 1.54) is 28.9 Å². The zero-order valence-corrected chi connectivity index (χ0v) is 14.1. The van der Waals surface area contributed by atoms with Gasteiger partial charge in [-0.3, -0.25) is 14.3 Å². The summed E-state index contributed by atoms with van der Waals surface area (Å²) in [5, 5.41) is 6.67. The molecule has 1 amide bonds. The Labute approximate surface area is 139 Å². The van der Waals surface area contributed by atoms with Crippen LogP contribution in [0.1, 0.15) is 23.8 Å². The highest BCUT2D eigenvalue weighted by molar-refractivity contribution is 7.92. The summed E-state index contributed by atoms with van der Waals surface area (Å²) < 4.78 is 25.9. The van der Waals surface area contributed by atoms with Crippen molar-refractivity contribution in [3.05, 3.63) is 52.4 Å². The van der Waals surface area contributed by atoms with E-state index in [4.69, 9.17) is 0 Å². The summed E-state index contributed by atoms with van der Waals surface area (Å²) in [6, 6.07) is 8.85. The van der Waals surface area contributed by atoms with Crippen molar-refractivity contribution in [1.29, 1.82) is 0 Å². The summed E-state index contributed by atoms with van der Waals surface area (Å²) in [6.45, 7) is 2.35.